The highest BCUT2D eigenvalue weighted by Crippen LogP contribution is 2.51. The number of halogens is 1. The minimum atomic E-state index is -0.430. The van der Waals surface area contributed by atoms with Gasteiger partial charge in [0.05, 0.1) is 16.3 Å². The molecule has 0 spiro atoms. The number of nitrogens with zero attached hydrogens (tertiary/aromatic N) is 3. The van der Waals surface area contributed by atoms with Crippen LogP contribution in [0, 0.1) is 0 Å². The molecule has 170 valence electrons. The van der Waals surface area contributed by atoms with Crippen LogP contribution in [0.1, 0.15) is 45.5 Å². The highest BCUT2D eigenvalue weighted by molar-refractivity contribution is 6.30. The molecule has 33 heavy (non-hydrogen) atoms. The predicted octanol–water partition coefficient (Wildman–Crippen LogP) is 4.62. The number of carbonyl (C=O) groups is 2. The van der Waals surface area contributed by atoms with Gasteiger partial charge in [-0.05, 0) is 81.2 Å². The first kappa shape index (κ1) is 22.9. The molecule has 7 nitrogen and oxygen atoms in total. The molecule has 0 radical (unpaired) electrons. The number of aromatic nitrogens is 2. The number of anilines is 2. The highest BCUT2D eigenvalue weighted by atomic mass is 35.5. The molecule has 0 bridgehead atoms. The zero-order chi connectivity index (χ0) is 23.4. The summed E-state index contributed by atoms with van der Waals surface area (Å²) in [4.78, 5) is 35.9. The van der Waals surface area contributed by atoms with Crippen molar-refractivity contribution < 1.29 is 9.59 Å². The van der Waals surface area contributed by atoms with Gasteiger partial charge in [0.25, 0.3) is 11.8 Å². The van der Waals surface area contributed by atoms with Crippen LogP contribution in [0.5, 0.6) is 0 Å². The van der Waals surface area contributed by atoms with Gasteiger partial charge in [-0.15, -0.1) is 0 Å². The predicted molar refractivity (Wildman–Crippen MR) is 130 cm³/mol. The van der Waals surface area contributed by atoms with Crippen molar-refractivity contribution in [1.82, 2.24) is 14.9 Å². The summed E-state index contributed by atoms with van der Waals surface area (Å²) in [5.74, 6) is -0.367. The SMILES string of the molecule is CN(C)CCC1(c2ccc(C(=O)Nc3ccncc3C(=O)Nc3ccc(Cl)cn3)cc2)CC1. The second-order valence-corrected chi connectivity index (χ2v) is 9.04. The van der Waals surface area contributed by atoms with E-state index >= 15 is 0 Å². The number of benzene rings is 1. The van der Waals surface area contributed by atoms with Gasteiger partial charge in [0, 0.05) is 24.2 Å². The minimum absolute atomic E-state index is 0.236. The third kappa shape index (κ3) is 5.56. The molecule has 1 aromatic carbocycles. The summed E-state index contributed by atoms with van der Waals surface area (Å²) < 4.78 is 0. The number of hydrogen-bond acceptors (Lipinski definition) is 5. The molecule has 0 atom stereocenters. The average molecular weight is 464 g/mol. The largest absolute Gasteiger partial charge is 0.321 e. The molecule has 2 N–H and O–H groups in total. The molecule has 2 amide bonds. The highest BCUT2D eigenvalue weighted by Gasteiger charge is 2.43. The molecule has 0 aliphatic heterocycles. The van der Waals surface area contributed by atoms with E-state index in [1.54, 1.807) is 18.2 Å². The van der Waals surface area contributed by atoms with E-state index in [1.807, 2.05) is 24.3 Å². The molecule has 1 fully saturated rings. The molecule has 2 heterocycles. The fraction of sp³-hybridized carbons (Fsp3) is 0.280. The second-order valence-electron chi connectivity index (χ2n) is 8.60. The zero-order valence-electron chi connectivity index (χ0n) is 18.6. The lowest BCUT2D eigenvalue weighted by Crippen LogP contribution is -2.20. The molecular formula is C25H26ClN5O2. The van der Waals surface area contributed by atoms with E-state index in [-0.39, 0.29) is 16.9 Å². The lowest BCUT2D eigenvalue weighted by atomic mass is 9.91. The van der Waals surface area contributed by atoms with E-state index in [4.69, 9.17) is 11.6 Å². The third-order valence-electron chi connectivity index (χ3n) is 5.93. The van der Waals surface area contributed by atoms with E-state index < -0.39 is 5.91 Å². The molecule has 0 saturated heterocycles. The van der Waals surface area contributed by atoms with Crippen LogP contribution in [0.25, 0.3) is 0 Å². The Bertz CT molecular complexity index is 1140. The molecular weight excluding hydrogens is 438 g/mol. The van der Waals surface area contributed by atoms with Gasteiger partial charge in [-0.2, -0.15) is 0 Å². The summed E-state index contributed by atoms with van der Waals surface area (Å²) in [6.07, 6.45) is 7.86. The third-order valence-corrected chi connectivity index (χ3v) is 6.16. The topological polar surface area (TPSA) is 87.2 Å². The number of amides is 2. The van der Waals surface area contributed by atoms with Gasteiger partial charge in [-0.3, -0.25) is 14.6 Å². The fourth-order valence-corrected chi connectivity index (χ4v) is 3.87. The van der Waals surface area contributed by atoms with Gasteiger partial charge in [0.1, 0.15) is 5.82 Å². The molecule has 1 aliphatic rings. The first-order chi connectivity index (χ1) is 15.9. The van der Waals surface area contributed by atoms with Crippen LogP contribution in [0.15, 0.2) is 61.1 Å². The maximum absolute atomic E-state index is 12.9. The van der Waals surface area contributed by atoms with Crippen molar-refractivity contribution in [2.75, 3.05) is 31.3 Å². The van der Waals surface area contributed by atoms with Crippen LogP contribution in [0.3, 0.4) is 0 Å². The van der Waals surface area contributed by atoms with Crippen LogP contribution < -0.4 is 10.6 Å². The summed E-state index contributed by atoms with van der Waals surface area (Å²) in [5, 5.41) is 5.99. The van der Waals surface area contributed by atoms with Crippen LogP contribution in [-0.4, -0.2) is 47.3 Å². The lowest BCUT2D eigenvalue weighted by Gasteiger charge is -2.19. The number of nitrogens with one attached hydrogen (secondary N) is 2. The van der Waals surface area contributed by atoms with Crippen molar-refractivity contribution in [2.24, 2.45) is 0 Å². The van der Waals surface area contributed by atoms with Crippen LogP contribution in [0.4, 0.5) is 11.5 Å². The smallest absolute Gasteiger partial charge is 0.260 e. The van der Waals surface area contributed by atoms with Gasteiger partial charge in [0.15, 0.2) is 0 Å². The lowest BCUT2D eigenvalue weighted by molar-refractivity contribution is 0.102. The van der Waals surface area contributed by atoms with Gasteiger partial charge < -0.3 is 15.5 Å². The Morgan fingerprint density at radius 3 is 2.39 bits per heavy atom. The van der Waals surface area contributed by atoms with Crippen LogP contribution in [0.2, 0.25) is 5.02 Å². The number of rotatable bonds is 8. The standard InChI is InChI=1S/C25H26ClN5O2/c1-31(2)14-12-25(10-11-25)18-5-3-17(4-6-18)23(32)29-21-9-13-27-16-20(21)24(33)30-22-8-7-19(26)15-28-22/h3-9,13,15-16H,10-12,14H2,1-2H3,(H,27,29,32)(H,28,30,33). The van der Waals surface area contributed by atoms with Crippen molar-refractivity contribution in [3.05, 3.63) is 82.8 Å². The Balaban J connectivity index is 1.44. The fourth-order valence-electron chi connectivity index (χ4n) is 3.76. The summed E-state index contributed by atoms with van der Waals surface area (Å²) in [5.41, 5.74) is 2.66. The Labute approximate surface area is 198 Å². The first-order valence-electron chi connectivity index (χ1n) is 10.8. The average Bonchev–Trinajstić information content (AvgIpc) is 3.61. The van der Waals surface area contributed by atoms with Crippen molar-refractivity contribution >= 4 is 34.9 Å². The van der Waals surface area contributed by atoms with E-state index in [1.165, 1.54) is 37.0 Å². The maximum Gasteiger partial charge on any atom is 0.260 e. The van der Waals surface area contributed by atoms with Gasteiger partial charge in [0.2, 0.25) is 0 Å². The molecule has 3 aromatic rings. The summed E-state index contributed by atoms with van der Waals surface area (Å²) >= 11 is 5.84. The normalized spacial score (nSPS) is 14.1. The molecule has 0 unspecified atom stereocenters. The first-order valence-corrected chi connectivity index (χ1v) is 11.2. The number of hydrogen-bond donors (Lipinski definition) is 2. The van der Waals surface area contributed by atoms with Crippen LogP contribution in [-0.2, 0) is 5.41 Å². The van der Waals surface area contributed by atoms with Crippen molar-refractivity contribution in [3.8, 4) is 0 Å². The Kier molecular flexibility index (Phi) is 6.72. The second kappa shape index (κ2) is 9.68. The minimum Gasteiger partial charge on any atom is -0.321 e. The van der Waals surface area contributed by atoms with Gasteiger partial charge in [-0.1, -0.05) is 23.7 Å². The van der Waals surface area contributed by atoms with E-state index in [9.17, 15) is 9.59 Å². The maximum atomic E-state index is 12.9. The monoisotopic (exact) mass is 463 g/mol. The number of carbonyl (C=O) groups excluding carboxylic acids is 2. The summed E-state index contributed by atoms with van der Waals surface area (Å²) in [6, 6.07) is 12.6. The van der Waals surface area contributed by atoms with E-state index in [0.29, 0.717) is 22.1 Å². The van der Waals surface area contributed by atoms with Crippen LogP contribution >= 0.6 is 11.6 Å². The van der Waals surface area contributed by atoms with Crippen molar-refractivity contribution in [1.29, 1.82) is 0 Å². The van der Waals surface area contributed by atoms with E-state index in [2.05, 4.69) is 39.6 Å². The molecule has 1 aliphatic carbocycles. The molecule has 8 heteroatoms. The molecule has 2 aromatic heterocycles. The molecule has 4 rings (SSSR count). The summed E-state index contributed by atoms with van der Waals surface area (Å²) in [7, 11) is 4.17. The Hall–Kier alpha value is -3.29. The molecule has 1 saturated carbocycles. The van der Waals surface area contributed by atoms with Crippen molar-refractivity contribution in [3.63, 3.8) is 0 Å². The van der Waals surface area contributed by atoms with Gasteiger partial charge in [-0.25, -0.2) is 4.98 Å². The van der Waals surface area contributed by atoms with Gasteiger partial charge >= 0.3 is 0 Å². The Morgan fingerprint density at radius 1 is 1.00 bits per heavy atom. The number of pyridine rings is 2. The Morgan fingerprint density at radius 2 is 1.76 bits per heavy atom. The van der Waals surface area contributed by atoms with E-state index in [0.717, 1.165) is 13.0 Å². The van der Waals surface area contributed by atoms with Crippen molar-refractivity contribution in [2.45, 2.75) is 24.7 Å². The summed E-state index contributed by atoms with van der Waals surface area (Å²) in [6.45, 7) is 1.04. The zero-order valence-corrected chi connectivity index (χ0v) is 19.4. The quantitative estimate of drug-likeness (QED) is 0.509.